The third-order valence-electron chi connectivity index (χ3n) is 10.9. The fourth-order valence-electron chi connectivity index (χ4n) is 8.52. The Morgan fingerprint density at radius 3 is 2.70 bits per heavy atom. The van der Waals surface area contributed by atoms with Crippen LogP contribution < -0.4 is 9.47 Å². The van der Waals surface area contributed by atoms with Gasteiger partial charge in [0.25, 0.3) is 5.91 Å². The van der Waals surface area contributed by atoms with Gasteiger partial charge in [-0.2, -0.15) is 0 Å². The molecule has 222 valence electrons. The zero-order chi connectivity index (χ0) is 29.9. The molecule has 3 aromatic carbocycles. The van der Waals surface area contributed by atoms with Crippen LogP contribution in [0, 0.1) is 25.7 Å². The first-order valence-electron chi connectivity index (χ1n) is 15.5. The standard InChI is InChI=1S/C37H40N2O4/c1-24-10-11-27(22-25(24)2)12-15-32(40)38(3)29-16-18-37(41)31-23-28-13-14-30(42-4)34-33(28)36(37,35(29)43-34)19-21-39(31)20-17-26-8-6-5-7-9-26/h5-11,13-14,22,29,31,35,41H,16-21,23H2,1-4H3/t29-,31+,35-,36-,37+/m0/s1. The number of likely N-dealkylation sites (tertiary alicyclic amines) is 1. The zero-order valence-corrected chi connectivity index (χ0v) is 25.5. The molecule has 1 saturated carbocycles. The van der Waals surface area contributed by atoms with E-state index < -0.39 is 11.0 Å². The number of hydrogen-bond acceptors (Lipinski definition) is 5. The van der Waals surface area contributed by atoms with Gasteiger partial charge in [0.15, 0.2) is 11.5 Å². The first kappa shape index (κ1) is 28.0. The molecule has 6 nitrogen and oxygen atoms in total. The maximum absolute atomic E-state index is 13.5. The molecule has 43 heavy (non-hydrogen) atoms. The summed E-state index contributed by atoms with van der Waals surface area (Å²) in [5, 5.41) is 12.9. The Kier molecular flexibility index (Phi) is 6.80. The van der Waals surface area contributed by atoms with Crippen molar-refractivity contribution >= 4 is 5.91 Å². The molecule has 0 aromatic heterocycles. The van der Waals surface area contributed by atoms with Crippen LogP contribution in [0.25, 0.3) is 0 Å². The molecule has 2 aliphatic carbocycles. The molecule has 5 atom stereocenters. The number of rotatable bonds is 5. The molecule has 4 aliphatic rings. The Bertz CT molecular complexity index is 1640. The Hall–Kier alpha value is -3.79. The molecule has 1 saturated heterocycles. The molecule has 6 heteroatoms. The van der Waals surface area contributed by atoms with Crippen LogP contribution in [0.2, 0.25) is 0 Å². The number of nitrogens with zero attached hydrogens (tertiary/aromatic N) is 2. The van der Waals surface area contributed by atoms with Crippen molar-refractivity contribution in [1.82, 2.24) is 9.80 Å². The van der Waals surface area contributed by atoms with E-state index in [-0.39, 0.29) is 24.1 Å². The summed E-state index contributed by atoms with van der Waals surface area (Å²) < 4.78 is 12.6. The van der Waals surface area contributed by atoms with Crippen molar-refractivity contribution in [2.45, 2.75) is 75.2 Å². The summed E-state index contributed by atoms with van der Waals surface area (Å²) in [7, 11) is 3.50. The minimum absolute atomic E-state index is 0.0190. The van der Waals surface area contributed by atoms with E-state index in [1.54, 1.807) is 12.0 Å². The molecule has 0 unspecified atom stereocenters. The van der Waals surface area contributed by atoms with Gasteiger partial charge in [-0.3, -0.25) is 9.69 Å². The second kappa shape index (κ2) is 10.4. The zero-order valence-electron chi connectivity index (χ0n) is 25.5. The van der Waals surface area contributed by atoms with Crippen molar-refractivity contribution < 1.29 is 19.4 Å². The van der Waals surface area contributed by atoms with Crippen molar-refractivity contribution in [2.24, 2.45) is 0 Å². The van der Waals surface area contributed by atoms with Crippen LogP contribution in [0.15, 0.2) is 60.7 Å². The highest BCUT2D eigenvalue weighted by Gasteiger charge is 2.73. The monoisotopic (exact) mass is 576 g/mol. The Morgan fingerprint density at radius 2 is 1.93 bits per heavy atom. The van der Waals surface area contributed by atoms with Gasteiger partial charge in [0.1, 0.15) is 6.10 Å². The lowest BCUT2D eigenvalue weighted by Crippen LogP contribution is -2.78. The molecule has 3 aromatic rings. The topological polar surface area (TPSA) is 62.2 Å². The SMILES string of the molecule is COc1ccc2c3c1O[C@H]1[C@@H](N(C)C(=O)C#Cc4ccc(C)c(C)c4)CC[C@@]4(O)[C@@H](C2)N(CCc2ccccc2)CC[C@]314. The molecular formula is C37H40N2O4. The molecule has 1 N–H and O–H groups in total. The molecule has 7 rings (SSSR count). The summed E-state index contributed by atoms with van der Waals surface area (Å²) >= 11 is 0. The van der Waals surface area contributed by atoms with Crippen molar-refractivity contribution in [2.75, 3.05) is 27.2 Å². The van der Waals surface area contributed by atoms with E-state index in [9.17, 15) is 9.90 Å². The van der Waals surface area contributed by atoms with Crippen LogP contribution in [0.3, 0.4) is 0 Å². The number of hydrogen-bond donors (Lipinski definition) is 1. The number of likely N-dealkylation sites (N-methyl/N-ethyl adjacent to an activating group) is 1. The van der Waals surface area contributed by atoms with Gasteiger partial charge in [-0.05, 0) is 92.9 Å². The van der Waals surface area contributed by atoms with Crippen molar-refractivity contribution in [3.05, 3.63) is 94.0 Å². The quantitative estimate of drug-likeness (QED) is 0.451. The van der Waals surface area contributed by atoms with Crippen LogP contribution in [0.1, 0.15) is 52.6 Å². The summed E-state index contributed by atoms with van der Waals surface area (Å²) in [4.78, 5) is 17.8. The number of methoxy groups -OCH3 is 1. The highest BCUT2D eigenvalue weighted by atomic mass is 16.5. The number of aryl methyl sites for hydroxylation is 2. The molecule has 1 spiro atoms. The molecule has 2 bridgehead atoms. The van der Waals surface area contributed by atoms with Gasteiger partial charge in [0.2, 0.25) is 0 Å². The number of ether oxygens (including phenoxy) is 2. The van der Waals surface area contributed by atoms with Gasteiger partial charge in [-0.25, -0.2) is 0 Å². The molecule has 0 radical (unpaired) electrons. The Morgan fingerprint density at radius 1 is 1.12 bits per heavy atom. The molecule has 1 amide bonds. The number of amides is 1. The van der Waals surface area contributed by atoms with Gasteiger partial charge in [0.05, 0.1) is 24.2 Å². The largest absolute Gasteiger partial charge is 0.493 e. The van der Waals surface area contributed by atoms with Crippen LogP contribution in [-0.4, -0.2) is 71.8 Å². The third kappa shape index (κ3) is 4.20. The predicted molar refractivity (Wildman–Crippen MR) is 166 cm³/mol. The lowest BCUT2D eigenvalue weighted by atomic mass is 9.48. The second-order valence-electron chi connectivity index (χ2n) is 12.9. The second-order valence-corrected chi connectivity index (χ2v) is 12.9. The van der Waals surface area contributed by atoms with Gasteiger partial charge in [0, 0.05) is 36.7 Å². The number of benzene rings is 3. The summed E-state index contributed by atoms with van der Waals surface area (Å²) in [5.74, 6) is 7.18. The summed E-state index contributed by atoms with van der Waals surface area (Å²) in [6.45, 7) is 5.89. The molecule has 2 fully saturated rings. The average molecular weight is 577 g/mol. The lowest BCUT2D eigenvalue weighted by Gasteiger charge is -2.64. The van der Waals surface area contributed by atoms with Gasteiger partial charge >= 0.3 is 0 Å². The maximum atomic E-state index is 13.5. The number of carbonyl (C=O) groups is 1. The van der Waals surface area contributed by atoms with Crippen molar-refractivity contribution in [3.63, 3.8) is 0 Å². The maximum Gasteiger partial charge on any atom is 0.298 e. The van der Waals surface area contributed by atoms with E-state index in [4.69, 9.17) is 9.47 Å². The Balaban J connectivity index is 1.23. The summed E-state index contributed by atoms with van der Waals surface area (Å²) in [5.41, 5.74) is 5.24. The van der Waals surface area contributed by atoms with E-state index in [1.165, 1.54) is 16.7 Å². The fourth-order valence-corrected chi connectivity index (χ4v) is 8.52. The molecule has 2 aliphatic heterocycles. The van der Waals surface area contributed by atoms with Gasteiger partial charge in [-0.1, -0.05) is 48.4 Å². The van der Waals surface area contributed by atoms with E-state index in [2.05, 4.69) is 67.0 Å². The minimum atomic E-state index is -0.970. The smallest absolute Gasteiger partial charge is 0.298 e. The van der Waals surface area contributed by atoms with Crippen LogP contribution >= 0.6 is 0 Å². The van der Waals surface area contributed by atoms with Crippen molar-refractivity contribution in [1.29, 1.82) is 0 Å². The van der Waals surface area contributed by atoms with Crippen molar-refractivity contribution in [3.8, 4) is 23.3 Å². The van der Waals surface area contributed by atoms with Gasteiger partial charge in [-0.15, -0.1) is 0 Å². The number of carbonyl (C=O) groups excluding carboxylic acids is 1. The molecule has 2 heterocycles. The van der Waals surface area contributed by atoms with Crippen LogP contribution in [-0.2, 0) is 23.1 Å². The van der Waals surface area contributed by atoms with E-state index >= 15 is 0 Å². The van der Waals surface area contributed by atoms with Crippen LogP contribution in [0.5, 0.6) is 11.5 Å². The highest BCUT2D eigenvalue weighted by Crippen LogP contribution is 2.65. The fraction of sp³-hybridized carbons (Fsp3) is 0.432. The molecular weight excluding hydrogens is 536 g/mol. The van der Waals surface area contributed by atoms with Gasteiger partial charge < -0.3 is 19.5 Å². The number of piperidine rings is 1. The van der Waals surface area contributed by atoms with E-state index in [1.807, 2.05) is 31.3 Å². The Labute approximate surface area is 254 Å². The first-order chi connectivity index (χ1) is 20.8. The average Bonchev–Trinajstić information content (AvgIpc) is 3.37. The van der Waals surface area contributed by atoms with E-state index in [0.717, 1.165) is 54.8 Å². The first-order valence-corrected chi connectivity index (χ1v) is 15.5. The normalized spacial score (nSPS) is 28.3. The summed E-state index contributed by atoms with van der Waals surface area (Å²) in [6.07, 6.45) is 3.34. The van der Waals surface area contributed by atoms with Crippen LogP contribution in [0.4, 0.5) is 0 Å². The third-order valence-corrected chi connectivity index (χ3v) is 10.9. The predicted octanol–water partition coefficient (Wildman–Crippen LogP) is 4.59. The minimum Gasteiger partial charge on any atom is -0.493 e. The summed E-state index contributed by atoms with van der Waals surface area (Å²) in [6, 6.07) is 20.5. The highest BCUT2D eigenvalue weighted by molar-refractivity contribution is 5.94. The number of aliphatic hydroxyl groups is 1. The lowest BCUT2D eigenvalue weighted by molar-refractivity contribution is -0.199. The van der Waals surface area contributed by atoms with E-state index in [0.29, 0.717) is 18.6 Å².